The van der Waals surface area contributed by atoms with Crippen LogP contribution in [-0.2, 0) is 0 Å². The lowest BCUT2D eigenvalue weighted by molar-refractivity contribution is 0.0691. The Balaban J connectivity index is 2.27. The van der Waals surface area contributed by atoms with Crippen LogP contribution in [0, 0.1) is 0 Å². The molecule has 1 N–H and O–H groups in total. The summed E-state index contributed by atoms with van der Waals surface area (Å²) in [5, 5.41) is 17.0. The second-order valence-corrected chi connectivity index (χ2v) is 4.52. The molecule has 3 rings (SSSR count). The maximum absolute atomic E-state index is 11.4. The first-order valence-corrected chi connectivity index (χ1v) is 6.61. The molecule has 8 heteroatoms. The number of methoxy groups -OCH3 is 2. The highest BCUT2D eigenvalue weighted by Crippen LogP contribution is 2.32. The van der Waals surface area contributed by atoms with Crippen LogP contribution >= 0.6 is 0 Å². The highest BCUT2D eigenvalue weighted by molar-refractivity contribution is 5.92. The van der Waals surface area contributed by atoms with E-state index in [1.54, 1.807) is 30.3 Å². The van der Waals surface area contributed by atoms with Gasteiger partial charge in [0.15, 0.2) is 5.76 Å². The van der Waals surface area contributed by atoms with Crippen molar-refractivity contribution in [2.45, 2.75) is 0 Å². The van der Waals surface area contributed by atoms with Crippen LogP contribution in [0.3, 0.4) is 0 Å². The van der Waals surface area contributed by atoms with Crippen LogP contribution in [0.2, 0.25) is 0 Å². The summed E-state index contributed by atoms with van der Waals surface area (Å²) in [6.45, 7) is 0. The molecule has 0 fully saturated rings. The smallest absolute Gasteiger partial charge is 0.358 e. The normalized spacial score (nSPS) is 10.5. The van der Waals surface area contributed by atoms with Crippen LogP contribution in [0.25, 0.3) is 17.1 Å². The fourth-order valence-corrected chi connectivity index (χ4v) is 2.19. The molecule has 23 heavy (non-hydrogen) atoms. The highest BCUT2D eigenvalue weighted by Gasteiger charge is 2.25. The number of hydrogen-bond acceptors (Lipinski definition) is 6. The molecule has 0 aliphatic rings. The van der Waals surface area contributed by atoms with Gasteiger partial charge in [-0.25, -0.2) is 9.48 Å². The number of benzene rings is 1. The number of aromatic nitrogens is 3. The quantitative estimate of drug-likeness (QED) is 0.770. The molecule has 0 amide bonds. The van der Waals surface area contributed by atoms with Crippen LogP contribution in [0.4, 0.5) is 0 Å². The number of ether oxygens (including phenoxy) is 2. The number of carboxylic acid groups (broad SMARTS) is 1. The number of carboxylic acids is 1. The van der Waals surface area contributed by atoms with Crippen molar-refractivity contribution < 1.29 is 23.8 Å². The zero-order valence-electron chi connectivity index (χ0n) is 12.4. The summed E-state index contributed by atoms with van der Waals surface area (Å²) in [6.07, 6.45) is 1.45. The Morgan fingerprint density at radius 3 is 2.70 bits per heavy atom. The number of rotatable bonds is 5. The third-order valence-corrected chi connectivity index (χ3v) is 3.24. The molecule has 0 aliphatic carbocycles. The van der Waals surface area contributed by atoms with E-state index in [1.807, 2.05) is 0 Å². The standard InChI is InChI=1S/C15H13N3O5/c1-21-9-5-6-11(22-2)10(8-9)18-14(12-4-3-7-23-12)13(15(19)20)16-17-18/h3-8H,1-2H3,(H,19,20). The van der Waals surface area contributed by atoms with Crippen molar-refractivity contribution >= 4 is 5.97 Å². The second kappa shape index (κ2) is 5.84. The van der Waals surface area contributed by atoms with E-state index in [9.17, 15) is 9.90 Å². The monoisotopic (exact) mass is 315 g/mol. The van der Waals surface area contributed by atoms with Crippen LogP contribution in [0.15, 0.2) is 41.0 Å². The molecule has 2 aromatic heterocycles. The predicted molar refractivity (Wildman–Crippen MR) is 79.1 cm³/mol. The average molecular weight is 315 g/mol. The summed E-state index contributed by atoms with van der Waals surface area (Å²) in [5.74, 6) is 0.181. The van der Waals surface area contributed by atoms with Gasteiger partial charge in [-0.2, -0.15) is 0 Å². The van der Waals surface area contributed by atoms with E-state index >= 15 is 0 Å². The van der Waals surface area contributed by atoms with Gasteiger partial charge in [-0.1, -0.05) is 5.21 Å². The lowest BCUT2D eigenvalue weighted by atomic mass is 10.2. The first-order chi connectivity index (χ1) is 11.2. The van der Waals surface area contributed by atoms with E-state index in [1.165, 1.54) is 25.2 Å². The largest absolute Gasteiger partial charge is 0.497 e. The van der Waals surface area contributed by atoms with Crippen LogP contribution in [0.5, 0.6) is 11.5 Å². The molecule has 8 nitrogen and oxygen atoms in total. The van der Waals surface area contributed by atoms with E-state index in [0.29, 0.717) is 22.9 Å². The zero-order chi connectivity index (χ0) is 16.4. The maximum Gasteiger partial charge on any atom is 0.358 e. The Bertz CT molecular complexity index is 839. The van der Waals surface area contributed by atoms with Crippen molar-refractivity contribution in [3.63, 3.8) is 0 Å². The molecule has 0 aliphatic heterocycles. The first kappa shape index (κ1) is 14.6. The Hall–Kier alpha value is -3.29. The van der Waals surface area contributed by atoms with Crippen LogP contribution in [0.1, 0.15) is 10.5 Å². The maximum atomic E-state index is 11.4. The number of furan rings is 1. The van der Waals surface area contributed by atoms with Crippen molar-refractivity contribution in [1.29, 1.82) is 0 Å². The summed E-state index contributed by atoms with van der Waals surface area (Å²) in [5.41, 5.74) is 0.483. The van der Waals surface area contributed by atoms with Gasteiger partial charge >= 0.3 is 5.97 Å². The van der Waals surface area contributed by atoms with E-state index in [4.69, 9.17) is 13.9 Å². The highest BCUT2D eigenvalue weighted by atomic mass is 16.5. The Labute approximate surface area is 130 Å². The molecule has 0 unspecified atom stereocenters. The molecule has 0 radical (unpaired) electrons. The molecule has 0 spiro atoms. The number of aromatic carboxylic acids is 1. The Kier molecular flexibility index (Phi) is 3.71. The van der Waals surface area contributed by atoms with Crippen molar-refractivity contribution in [3.05, 3.63) is 42.3 Å². The molecule has 1 aromatic carbocycles. The van der Waals surface area contributed by atoms with Gasteiger partial charge in [0, 0.05) is 6.07 Å². The van der Waals surface area contributed by atoms with E-state index in [-0.39, 0.29) is 11.4 Å². The van der Waals surface area contributed by atoms with Crippen LogP contribution in [-0.4, -0.2) is 40.3 Å². The minimum atomic E-state index is -1.20. The third-order valence-electron chi connectivity index (χ3n) is 3.24. The van der Waals surface area contributed by atoms with Crippen molar-refractivity contribution in [1.82, 2.24) is 15.0 Å². The minimum Gasteiger partial charge on any atom is -0.497 e. The fraction of sp³-hybridized carbons (Fsp3) is 0.133. The molecule has 0 saturated heterocycles. The summed E-state index contributed by atoms with van der Waals surface area (Å²) < 4.78 is 17.2. The number of carbonyl (C=O) groups is 1. The first-order valence-electron chi connectivity index (χ1n) is 6.61. The topological polar surface area (TPSA) is 99.6 Å². The van der Waals surface area contributed by atoms with Gasteiger partial charge in [-0.05, 0) is 24.3 Å². The van der Waals surface area contributed by atoms with E-state index in [0.717, 1.165) is 0 Å². The third kappa shape index (κ3) is 2.50. The van der Waals surface area contributed by atoms with Gasteiger partial charge in [-0.3, -0.25) is 0 Å². The summed E-state index contributed by atoms with van der Waals surface area (Å²) >= 11 is 0. The van der Waals surface area contributed by atoms with Gasteiger partial charge in [0.1, 0.15) is 22.9 Å². The number of nitrogens with zero attached hydrogens (tertiary/aromatic N) is 3. The lowest BCUT2D eigenvalue weighted by Gasteiger charge is -2.11. The molecule has 0 atom stereocenters. The molecule has 3 aromatic rings. The van der Waals surface area contributed by atoms with E-state index in [2.05, 4.69) is 10.3 Å². The van der Waals surface area contributed by atoms with Gasteiger partial charge in [0.25, 0.3) is 0 Å². The lowest BCUT2D eigenvalue weighted by Crippen LogP contribution is -2.04. The number of hydrogen-bond donors (Lipinski definition) is 1. The van der Waals surface area contributed by atoms with Crippen LogP contribution < -0.4 is 9.47 Å². The SMILES string of the molecule is COc1ccc(OC)c(-n2nnc(C(=O)O)c2-c2ccco2)c1. The van der Waals surface area contributed by atoms with Gasteiger partial charge in [-0.15, -0.1) is 5.10 Å². The van der Waals surface area contributed by atoms with Gasteiger partial charge < -0.3 is 19.0 Å². The zero-order valence-corrected chi connectivity index (χ0v) is 12.4. The summed E-state index contributed by atoms with van der Waals surface area (Å²) in [7, 11) is 3.04. The van der Waals surface area contributed by atoms with Crippen molar-refractivity contribution in [2.24, 2.45) is 0 Å². The molecule has 2 heterocycles. The molecule has 0 saturated carbocycles. The fourth-order valence-electron chi connectivity index (χ4n) is 2.19. The molecular formula is C15H13N3O5. The molecular weight excluding hydrogens is 302 g/mol. The Morgan fingerprint density at radius 2 is 2.09 bits per heavy atom. The van der Waals surface area contributed by atoms with Gasteiger partial charge in [0.05, 0.1) is 20.5 Å². The second-order valence-electron chi connectivity index (χ2n) is 4.52. The van der Waals surface area contributed by atoms with Gasteiger partial charge in [0.2, 0.25) is 5.69 Å². The van der Waals surface area contributed by atoms with Crippen molar-refractivity contribution in [3.8, 4) is 28.6 Å². The summed E-state index contributed by atoms with van der Waals surface area (Å²) in [4.78, 5) is 11.4. The minimum absolute atomic E-state index is 0.217. The summed E-state index contributed by atoms with van der Waals surface area (Å²) in [6, 6.07) is 8.38. The molecule has 0 bridgehead atoms. The van der Waals surface area contributed by atoms with E-state index < -0.39 is 5.97 Å². The predicted octanol–water partition coefficient (Wildman–Crippen LogP) is 2.24. The van der Waals surface area contributed by atoms with Crippen molar-refractivity contribution in [2.75, 3.05) is 14.2 Å². The average Bonchev–Trinajstić information content (AvgIpc) is 3.22. The Morgan fingerprint density at radius 1 is 1.26 bits per heavy atom. The molecule has 118 valence electrons.